The third-order valence-corrected chi connectivity index (χ3v) is 8.51. The summed E-state index contributed by atoms with van der Waals surface area (Å²) in [5, 5.41) is 11.5. The van der Waals surface area contributed by atoms with Gasteiger partial charge >= 0.3 is 0 Å². The first-order valence-corrected chi connectivity index (χ1v) is 16.0. The van der Waals surface area contributed by atoms with Crippen LogP contribution in [0.25, 0.3) is 0 Å². The van der Waals surface area contributed by atoms with E-state index in [-0.39, 0.29) is 30.1 Å². The quantitative estimate of drug-likeness (QED) is 0.432. The summed E-state index contributed by atoms with van der Waals surface area (Å²) in [6.07, 6.45) is 1.37. The molecular formula is C28H45N5O4S2. The number of hydrogen-bond acceptors (Lipinski definition) is 7. The maximum Gasteiger partial charge on any atom is 0.245 e. The van der Waals surface area contributed by atoms with Crippen LogP contribution in [0.1, 0.15) is 72.2 Å². The lowest BCUT2D eigenvalue weighted by atomic mass is 9.96. The van der Waals surface area contributed by atoms with E-state index in [1.54, 1.807) is 37.4 Å². The zero-order chi connectivity index (χ0) is 29.0. The van der Waals surface area contributed by atoms with Gasteiger partial charge in [-0.25, -0.2) is 0 Å². The van der Waals surface area contributed by atoms with Gasteiger partial charge in [-0.15, -0.1) is 0 Å². The summed E-state index contributed by atoms with van der Waals surface area (Å²) in [5.74, 6) is 1.43. The lowest BCUT2D eigenvalue weighted by Gasteiger charge is -2.30. The molecule has 4 amide bonds. The molecule has 0 radical (unpaired) electrons. The van der Waals surface area contributed by atoms with Crippen LogP contribution < -0.4 is 21.3 Å². The molecule has 1 aromatic rings. The van der Waals surface area contributed by atoms with Crippen molar-refractivity contribution in [2.75, 3.05) is 18.1 Å². The molecule has 0 aromatic carbocycles. The minimum atomic E-state index is -1.21. The van der Waals surface area contributed by atoms with Crippen LogP contribution in [0.3, 0.4) is 0 Å². The van der Waals surface area contributed by atoms with Gasteiger partial charge in [-0.2, -0.15) is 23.5 Å². The highest BCUT2D eigenvalue weighted by Gasteiger charge is 2.35. The summed E-state index contributed by atoms with van der Waals surface area (Å²) in [6, 6.07) is 4.39. The predicted octanol–water partition coefficient (Wildman–Crippen LogP) is 3.02. The van der Waals surface area contributed by atoms with Gasteiger partial charge in [-0.3, -0.25) is 24.2 Å². The molecule has 0 aliphatic carbocycles. The Morgan fingerprint density at radius 1 is 0.974 bits per heavy atom. The zero-order valence-corrected chi connectivity index (χ0v) is 25.7. The van der Waals surface area contributed by atoms with Crippen molar-refractivity contribution in [3.05, 3.63) is 29.6 Å². The molecule has 1 aliphatic heterocycles. The Bertz CT molecular complexity index is 988. The fraction of sp³-hybridized carbons (Fsp3) is 0.679. The number of thioether (sulfide) groups is 2. The molecule has 2 rings (SSSR count). The maximum atomic E-state index is 13.4. The summed E-state index contributed by atoms with van der Waals surface area (Å²) in [5.41, 5.74) is 0.713. The molecule has 0 unspecified atom stereocenters. The SMILES string of the molecule is CC[C@H](C)[C@@H]1NC(=O)[C@H](CC(C)C)NC(=O)C(C)(C)NC(=O)CCSCc2cccc(n2)CSCCNC1=O. The summed E-state index contributed by atoms with van der Waals surface area (Å²) in [4.78, 5) is 57.0. The number of fused-ring (bicyclic) bond motifs is 2. The minimum Gasteiger partial charge on any atom is -0.353 e. The van der Waals surface area contributed by atoms with Gasteiger partial charge in [0, 0.05) is 36.0 Å². The molecule has 0 saturated carbocycles. The molecule has 218 valence electrons. The molecule has 1 aliphatic rings. The Kier molecular flexibility index (Phi) is 13.6. The number of hydrogen-bond donors (Lipinski definition) is 4. The topological polar surface area (TPSA) is 129 Å². The van der Waals surface area contributed by atoms with E-state index in [0.717, 1.165) is 17.1 Å². The molecule has 2 bridgehead atoms. The molecule has 39 heavy (non-hydrogen) atoms. The van der Waals surface area contributed by atoms with Crippen molar-refractivity contribution >= 4 is 47.2 Å². The van der Waals surface area contributed by atoms with Gasteiger partial charge in [-0.1, -0.05) is 40.2 Å². The number of pyridine rings is 1. The van der Waals surface area contributed by atoms with Crippen molar-refractivity contribution in [1.82, 2.24) is 26.3 Å². The average molecular weight is 580 g/mol. The van der Waals surface area contributed by atoms with E-state index in [1.807, 2.05) is 45.9 Å². The first kappa shape index (κ1) is 32.9. The Morgan fingerprint density at radius 3 is 2.23 bits per heavy atom. The number of rotatable bonds is 4. The van der Waals surface area contributed by atoms with Crippen molar-refractivity contribution in [3.8, 4) is 0 Å². The van der Waals surface area contributed by atoms with Gasteiger partial charge in [0.15, 0.2) is 0 Å². The summed E-state index contributed by atoms with van der Waals surface area (Å²) in [6.45, 7) is 11.6. The van der Waals surface area contributed by atoms with Crippen LogP contribution in [0, 0.1) is 11.8 Å². The van der Waals surface area contributed by atoms with Crippen LogP contribution in [-0.4, -0.2) is 64.3 Å². The Balaban J connectivity index is 2.25. The van der Waals surface area contributed by atoms with E-state index in [0.29, 0.717) is 36.6 Å². The number of nitrogens with one attached hydrogen (secondary N) is 4. The van der Waals surface area contributed by atoms with Crippen molar-refractivity contribution in [2.24, 2.45) is 11.8 Å². The fourth-order valence-electron chi connectivity index (χ4n) is 4.03. The summed E-state index contributed by atoms with van der Waals surface area (Å²) in [7, 11) is 0. The molecule has 11 heteroatoms. The van der Waals surface area contributed by atoms with Crippen LogP contribution in [0.5, 0.6) is 0 Å². The van der Waals surface area contributed by atoms with Crippen LogP contribution in [0.4, 0.5) is 0 Å². The Hall–Kier alpha value is -2.27. The van der Waals surface area contributed by atoms with Crippen LogP contribution in [0.2, 0.25) is 0 Å². The first-order chi connectivity index (χ1) is 18.4. The maximum absolute atomic E-state index is 13.4. The predicted molar refractivity (Wildman–Crippen MR) is 159 cm³/mol. The number of aromatic nitrogens is 1. The van der Waals surface area contributed by atoms with Gasteiger partial charge in [-0.05, 0) is 44.2 Å². The second-order valence-corrected chi connectivity index (χ2v) is 13.2. The molecular weight excluding hydrogens is 534 g/mol. The van der Waals surface area contributed by atoms with Crippen molar-refractivity contribution in [3.63, 3.8) is 0 Å². The van der Waals surface area contributed by atoms with Crippen molar-refractivity contribution in [2.45, 2.75) is 89.9 Å². The smallest absolute Gasteiger partial charge is 0.245 e. The van der Waals surface area contributed by atoms with Gasteiger partial charge in [0.05, 0.1) is 11.4 Å². The highest BCUT2D eigenvalue weighted by Crippen LogP contribution is 2.16. The van der Waals surface area contributed by atoms with Crippen molar-refractivity contribution < 1.29 is 19.2 Å². The van der Waals surface area contributed by atoms with Gasteiger partial charge in [0.25, 0.3) is 0 Å². The molecule has 3 atom stereocenters. The van der Waals surface area contributed by atoms with E-state index in [9.17, 15) is 19.2 Å². The molecule has 1 aromatic heterocycles. The molecule has 4 N–H and O–H groups in total. The number of carbonyl (C=O) groups excluding carboxylic acids is 4. The molecule has 0 saturated heterocycles. The largest absolute Gasteiger partial charge is 0.353 e. The van der Waals surface area contributed by atoms with E-state index in [2.05, 4.69) is 21.3 Å². The van der Waals surface area contributed by atoms with E-state index in [1.165, 1.54) is 0 Å². The second kappa shape index (κ2) is 16.1. The molecule has 2 heterocycles. The third-order valence-electron chi connectivity index (χ3n) is 6.53. The number of amides is 4. The van der Waals surface area contributed by atoms with Crippen molar-refractivity contribution in [1.29, 1.82) is 0 Å². The second-order valence-electron chi connectivity index (χ2n) is 11.0. The lowest BCUT2D eigenvalue weighted by Crippen LogP contribution is -2.61. The lowest BCUT2D eigenvalue weighted by molar-refractivity contribution is -0.136. The monoisotopic (exact) mass is 579 g/mol. The standard InChI is InChI=1S/C28H45N5O4S2/c1-7-19(4)24-26(36)29-12-14-39-17-21-10-8-9-20(30-21)16-38-13-11-23(34)33-28(5,6)27(37)31-22(15-18(2)3)25(35)32-24/h8-10,18-19,22,24H,7,11-17H2,1-6H3,(H,29,36)(H,31,37)(H,32,35)(H,33,34)/t19-,22-,24-/m0/s1. The molecule has 9 nitrogen and oxygen atoms in total. The van der Waals surface area contributed by atoms with Gasteiger partial charge < -0.3 is 21.3 Å². The van der Waals surface area contributed by atoms with Gasteiger partial charge in [0.2, 0.25) is 23.6 Å². The van der Waals surface area contributed by atoms with E-state index < -0.39 is 29.4 Å². The van der Waals surface area contributed by atoms with Crippen LogP contribution in [-0.2, 0) is 30.7 Å². The highest BCUT2D eigenvalue weighted by molar-refractivity contribution is 7.98. The minimum absolute atomic E-state index is 0.0944. The highest BCUT2D eigenvalue weighted by atomic mass is 32.2. The molecule has 0 spiro atoms. The van der Waals surface area contributed by atoms with Crippen LogP contribution >= 0.6 is 23.5 Å². The molecule has 0 fully saturated rings. The third kappa shape index (κ3) is 11.4. The number of carbonyl (C=O) groups is 4. The van der Waals surface area contributed by atoms with E-state index in [4.69, 9.17) is 4.98 Å². The summed E-state index contributed by atoms with van der Waals surface area (Å²) < 4.78 is 0. The first-order valence-electron chi connectivity index (χ1n) is 13.7. The average Bonchev–Trinajstić information content (AvgIpc) is 2.87. The van der Waals surface area contributed by atoms with Crippen LogP contribution in [0.15, 0.2) is 18.2 Å². The Labute approximate surface area is 241 Å². The Morgan fingerprint density at radius 2 is 1.62 bits per heavy atom. The normalized spacial score (nSPS) is 23.4. The number of nitrogens with zero attached hydrogens (tertiary/aromatic N) is 1. The fourth-order valence-corrected chi connectivity index (χ4v) is 5.63. The zero-order valence-electron chi connectivity index (χ0n) is 24.1. The van der Waals surface area contributed by atoms with Gasteiger partial charge in [0.1, 0.15) is 17.6 Å². The van der Waals surface area contributed by atoms with E-state index >= 15 is 0 Å². The summed E-state index contributed by atoms with van der Waals surface area (Å²) >= 11 is 3.30.